The lowest BCUT2D eigenvalue weighted by molar-refractivity contribution is -0.122. The molecule has 0 aliphatic heterocycles. The second-order valence-electron chi connectivity index (χ2n) is 5.17. The van der Waals surface area contributed by atoms with Crippen LogP contribution in [0.3, 0.4) is 0 Å². The molecular formula is C18H20BrNO2. The highest BCUT2D eigenvalue weighted by Gasteiger charge is 2.17. The van der Waals surface area contributed by atoms with Crippen molar-refractivity contribution in [1.82, 2.24) is 0 Å². The number of benzene rings is 2. The number of hydrogen-bond donors (Lipinski definition) is 1. The molecule has 0 heterocycles. The fourth-order valence-electron chi connectivity index (χ4n) is 2.20. The van der Waals surface area contributed by atoms with Gasteiger partial charge < -0.3 is 10.1 Å². The number of amides is 1. The molecule has 0 aliphatic carbocycles. The Morgan fingerprint density at radius 3 is 2.55 bits per heavy atom. The molecule has 0 aliphatic rings. The van der Waals surface area contributed by atoms with E-state index in [9.17, 15) is 4.79 Å². The monoisotopic (exact) mass is 361 g/mol. The summed E-state index contributed by atoms with van der Waals surface area (Å²) >= 11 is 3.37. The molecule has 1 amide bonds. The van der Waals surface area contributed by atoms with Crippen molar-refractivity contribution in [2.24, 2.45) is 0 Å². The van der Waals surface area contributed by atoms with Crippen LogP contribution in [0, 0.1) is 6.92 Å². The van der Waals surface area contributed by atoms with E-state index in [0.29, 0.717) is 5.75 Å². The van der Waals surface area contributed by atoms with E-state index in [-0.39, 0.29) is 5.91 Å². The largest absolute Gasteiger partial charge is 0.481 e. The molecule has 3 nitrogen and oxygen atoms in total. The molecule has 4 heteroatoms. The third-order valence-corrected chi connectivity index (χ3v) is 4.01. The summed E-state index contributed by atoms with van der Waals surface area (Å²) in [7, 11) is 0. The van der Waals surface area contributed by atoms with E-state index in [1.807, 2.05) is 49.4 Å². The molecule has 2 aromatic carbocycles. The summed E-state index contributed by atoms with van der Waals surface area (Å²) in [6, 6.07) is 13.5. The number of ether oxygens (including phenoxy) is 1. The number of nitrogens with one attached hydrogen (secondary N) is 1. The summed E-state index contributed by atoms with van der Waals surface area (Å²) in [5, 5.41) is 2.99. The number of aryl methyl sites for hydroxylation is 2. The van der Waals surface area contributed by atoms with Crippen molar-refractivity contribution < 1.29 is 9.53 Å². The first-order valence-electron chi connectivity index (χ1n) is 7.33. The zero-order valence-corrected chi connectivity index (χ0v) is 14.6. The van der Waals surface area contributed by atoms with E-state index in [1.165, 1.54) is 0 Å². The van der Waals surface area contributed by atoms with Crippen LogP contribution in [0.25, 0.3) is 0 Å². The number of halogens is 1. The van der Waals surface area contributed by atoms with Gasteiger partial charge in [-0.05, 0) is 55.7 Å². The van der Waals surface area contributed by atoms with Crippen LogP contribution in [0.4, 0.5) is 5.69 Å². The number of carbonyl (C=O) groups is 1. The fraction of sp³-hybridized carbons (Fsp3) is 0.278. The van der Waals surface area contributed by atoms with Crippen molar-refractivity contribution in [2.75, 3.05) is 5.32 Å². The molecule has 0 unspecified atom stereocenters. The fourth-order valence-corrected chi connectivity index (χ4v) is 2.46. The molecule has 0 spiro atoms. The molecular weight excluding hydrogens is 342 g/mol. The van der Waals surface area contributed by atoms with Crippen LogP contribution in [0.1, 0.15) is 25.0 Å². The van der Waals surface area contributed by atoms with E-state index >= 15 is 0 Å². The maximum absolute atomic E-state index is 12.4. The highest BCUT2D eigenvalue weighted by atomic mass is 79.9. The summed E-state index contributed by atoms with van der Waals surface area (Å²) < 4.78 is 6.66. The van der Waals surface area contributed by atoms with Crippen LogP contribution in [-0.2, 0) is 11.2 Å². The summed E-state index contributed by atoms with van der Waals surface area (Å²) in [4.78, 5) is 12.4. The molecule has 0 bridgehead atoms. The topological polar surface area (TPSA) is 38.3 Å². The minimum absolute atomic E-state index is 0.146. The number of hydrogen-bond acceptors (Lipinski definition) is 2. The van der Waals surface area contributed by atoms with Crippen LogP contribution >= 0.6 is 15.9 Å². The molecule has 0 aromatic heterocycles. The van der Waals surface area contributed by atoms with Gasteiger partial charge in [-0.15, -0.1) is 0 Å². The van der Waals surface area contributed by atoms with E-state index < -0.39 is 6.10 Å². The molecule has 116 valence electrons. The van der Waals surface area contributed by atoms with Crippen LogP contribution in [0.2, 0.25) is 0 Å². The van der Waals surface area contributed by atoms with Gasteiger partial charge >= 0.3 is 0 Å². The zero-order valence-electron chi connectivity index (χ0n) is 13.0. The Hall–Kier alpha value is -1.81. The predicted molar refractivity (Wildman–Crippen MR) is 93.4 cm³/mol. The van der Waals surface area contributed by atoms with Gasteiger partial charge in [-0.1, -0.05) is 41.1 Å². The first kappa shape index (κ1) is 16.6. The third-order valence-electron chi connectivity index (χ3n) is 3.48. The Kier molecular flexibility index (Phi) is 5.61. The first-order valence-corrected chi connectivity index (χ1v) is 8.12. The summed E-state index contributed by atoms with van der Waals surface area (Å²) in [5.41, 5.74) is 3.08. The van der Waals surface area contributed by atoms with Gasteiger partial charge in [-0.25, -0.2) is 0 Å². The average molecular weight is 362 g/mol. The molecule has 2 rings (SSSR count). The molecule has 22 heavy (non-hydrogen) atoms. The van der Waals surface area contributed by atoms with Crippen molar-refractivity contribution in [3.8, 4) is 5.75 Å². The quantitative estimate of drug-likeness (QED) is 0.835. The van der Waals surface area contributed by atoms with E-state index in [0.717, 1.165) is 27.7 Å². The van der Waals surface area contributed by atoms with Gasteiger partial charge in [0.05, 0.1) is 0 Å². The lowest BCUT2D eigenvalue weighted by Gasteiger charge is -2.17. The Bertz CT molecular complexity index is 653. The average Bonchev–Trinajstić information content (AvgIpc) is 2.51. The standard InChI is InChI=1S/C18H20BrNO2/c1-4-14-7-5-6-12(2)17(14)20-18(21)13(3)22-16-10-8-15(19)9-11-16/h5-11,13H,4H2,1-3H3,(H,20,21)/t13-/m1/s1. The molecule has 0 fully saturated rings. The second-order valence-corrected chi connectivity index (χ2v) is 6.08. The summed E-state index contributed by atoms with van der Waals surface area (Å²) in [6.45, 7) is 5.82. The second kappa shape index (κ2) is 7.45. The number of anilines is 1. The SMILES string of the molecule is CCc1cccc(C)c1NC(=O)[C@@H](C)Oc1ccc(Br)cc1. The maximum Gasteiger partial charge on any atom is 0.265 e. The van der Waals surface area contributed by atoms with Crippen molar-refractivity contribution in [2.45, 2.75) is 33.3 Å². The van der Waals surface area contributed by atoms with Crippen molar-refractivity contribution in [3.63, 3.8) is 0 Å². The molecule has 0 radical (unpaired) electrons. The van der Waals surface area contributed by atoms with Gasteiger partial charge in [0.15, 0.2) is 6.10 Å². The Labute approximate surface area is 139 Å². The van der Waals surface area contributed by atoms with Crippen molar-refractivity contribution in [1.29, 1.82) is 0 Å². The van der Waals surface area contributed by atoms with Gasteiger partial charge in [0.25, 0.3) is 5.91 Å². The highest BCUT2D eigenvalue weighted by molar-refractivity contribution is 9.10. The molecule has 1 N–H and O–H groups in total. The number of rotatable bonds is 5. The zero-order chi connectivity index (χ0) is 16.1. The molecule has 0 saturated heterocycles. The van der Waals surface area contributed by atoms with E-state index in [1.54, 1.807) is 6.92 Å². The van der Waals surface area contributed by atoms with Crippen molar-refractivity contribution in [3.05, 3.63) is 58.1 Å². The van der Waals surface area contributed by atoms with E-state index in [4.69, 9.17) is 4.74 Å². The van der Waals surface area contributed by atoms with Crippen LogP contribution in [0.15, 0.2) is 46.9 Å². The molecule has 0 saturated carbocycles. The van der Waals surface area contributed by atoms with Crippen molar-refractivity contribution >= 4 is 27.5 Å². The minimum atomic E-state index is -0.564. The van der Waals surface area contributed by atoms with Crippen LogP contribution in [0.5, 0.6) is 5.75 Å². The van der Waals surface area contributed by atoms with E-state index in [2.05, 4.69) is 28.2 Å². The normalized spacial score (nSPS) is 11.8. The maximum atomic E-state index is 12.4. The lowest BCUT2D eigenvalue weighted by Crippen LogP contribution is -2.30. The van der Waals surface area contributed by atoms with Gasteiger partial charge in [0.2, 0.25) is 0 Å². The Balaban J connectivity index is 2.07. The van der Waals surface area contributed by atoms with Gasteiger partial charge in [0.1, 0.15) is 5.75 Å². The smallest absolute Gasteiger partial charge is 0.265 e. The lowest BCUT2D eigenvalue weighted by atomic mass is 10.1. The van der Waals surface area contributed by atoms with Crippen LogP contribution in [-0.4, -0.2) is 12.0 Å². The van der Waals surface area contributed by atoms with Crippen LogP contribution < -0.4 is 10.1 Å². The minimum Gasteiger partial charge on any atom is -0.481 e. The van der Waals surface area contributed by atoms with Gasteiger partial charge in [0, 0.05) is 10.2 Å². The Morgan fingerprint density at radius 2 is 1.91 bits per heavy atom. The predicted octanol–water partition coefficient (Wildman–Crippen LogP) is 4.73. The first-order chi connectivity index (χ1) is 10.5. The highest BCUT2D eigenvalue weighted by Crippen LogP contribution is 2.22. The third kappa shape index (κ3) is 4.10. The summed E-state index contributed by atoms with van der Waals surface area (Å²) in [6.07, 6.45) is 0.310. The van der Waals surface area contributed by atoms with Gasteiger partial charge in [-0.3, -0.25) is 4.79 Å². The van der Waals surface area contributed by atoms with Gasteiger partial charge in [-0.2, -0.15) is 0 Å². The number of para-hydroxylation sites is 1. The molecule has 2 aromatic rings. The number of carbonyl (C=O) groups excluding carboxylic acids is 1. The Morgan fingerprint density at radius 1 is 1.23 bits per heavy atom. The molecule has 1 atom stereocenters. The summed E-state index contributed by atoms with van der Waals surface area (Å²) in [5.74, 6) is 0.526.